The molecule has 1 aliphatic rings. The van der Waals surface area contributed by atoms with E-state index in [4.69, 9.17) is 9.72 Å². The summed E-state index contributed by atoms with van der Waals surface area (Å²) in [5.74, 6) is 0.114. The maximum atomic E-state index is 13.5. The van der Waals surface area contributed by atoms with Crippen LogP contribution < -0.4 is 10.9 Å². The minimum Gasteiger partial charge on any atom is -0.376 e. The number of aromatic nitrogens is 2. The SMILES string of the molecule is Cc1ccc(Cn2c(SCC(=O)NC[C@@H]3CCCO3)nc3c(sc4ccccc43)c2=O)cc1. The highest BCUT2D eigenvalue weighted by Gasteiger charge is 2.19. The number of thioether (sulfide) groups is 1. The van der Waals surface area contributed by atoms with Crippen LogP contribution in [0.2, 0.25) is 0 Å². The summed E-state index contributed by atoms with van der Waals surface area (Å²) in [5, 5.41) is 4.48. The third-order valence-corrected chi connectivity index (χ3v) is 7.92. The normalized spacial score (nSPS) is 16.0. The highest BCUT2D eigenvalue weighted by molar-refractivity contribution is 7.99. The molecule has 0 unspecified atom stereocenters. The Bertz CT molecular complexity index is 1360. The summed E-state index contributed by atoms with van der Waals surface area (Å²) in [6, 6.07) is 16.1. The number of amides is 1. The Kier molecular flexibility index (Phi) is 6.48. The molecule has 1 fully saturated rings. The molecule has 0 aliphatic carbocycles. The van der Waals surface area contributed by atoms with Crippen molar-refractivity contribution in [3.63, 3.8) is 0 Å². The average molecular weight is 480 g/mol. The topological polar surface area (TPSA) is 73.2 Å². The molecule has 0 bridgehead atoms. The number of thiophene rings is 1. The number of nitrogens with one attached hydrogen (secondary N) is 1. The molecule has 0 radical (unpaired) electrons. The monoisotopic (exact) mass is 479 g/mol. The van der Waals surface area contributed by atoms with E-state index in [2.05, 4.69) is 5.32 Å². The van der Waals surface area contributed by atoms with Crippen molar-refractivity contribution in [3.8, 4) is 0 Å². The number of benzene rings is 2. The molecular weight excluding hydrogens is 454 g/mol. The van der Waals surface area contributed by atoms with Gasteiger partial charge in [0.05, 0.1) is 23.9 Å². The molecule has 4 aromatic rings. The molecule has 2 aromatic carbocycles. The van der Waals surface area contributed by atoms with Gasteiger partial charge < -0.3 is 10.1 Å². The zero-order valence-electron chi connectivity index (χ0n) is 18.4. The quantitative estimate of drug-likeness (QED) is 0.315. The fourth-order valence-corrected chi connectivity index (χ4v) is 5.91. The smallest absolute Gasteiger partial charge is 0.272 e. The average Bonchev–Trinajstić information content (AvgIpc) is 3.48. The van der Waals surface area contributed by atoms with Gasteiger partial charge in [-0.1, -0.05) is 59.8 Å². The molecule has 33 heavy (non-hydrogen) atoms. The third kappa shape index (κ3) is 4.83. The highest BCUT2D eigenvalue weighted by atomic mass is 32.2. The number of carbonyl (C=O) groups is 1. The molecule has 1 saturated heterocycles. The maximum Gasteiger partial charge on any atom is 0.272 e. The lowest BCUT2D eigenvalue weighted by Crippen LogP contribution is -2.33. The van der Waals surface area contributed by atoms with Crippen LogP contribution in [-0.2, 0) is 16.1 Å². The van der Waals surface area contributed by atoms with E-state index < -0.39 is 0 Å². The summed E-state index contributed by atoms with van der Waals surface area (Å²) < 4.78 is 8.96. The predicted molar refractivity (Wildman–Crippen MR) is 134 cm³/mol. The minimum atomic E-state index is -0.0816. The Hall–Kier alpha value is -2.68. The van der Waals surface area contributed by atoms with Gasteiger partial charge in [0, 0.05) is 23.2 Å². The van der Waals surface area contributed by atoms with Gasteiger partial charge in [-0.3, -0.25) is 14.2 Å². The Morgan fingerprint density at radius 1 is 1.24 bits per heavy atom. The van der Waals surface area contributed by atoms with Crippen molar-refractivity contribution in [2.24, 2.45) is 0 Å². The van der Waals surface area contributed by atoms with E-state index in [1.807, 2.05) is 55.5 Å². The number of aryl methyl sites for hydroxylation is 1. The number of rotatable bonds is 7. The summed E-state index contributed by atoms with van der Waals surface area (Å²) in [6.45, 7) is 3.74. The lowest BCUT2D eigenvalue weighted by molar-refractivity contribution is -0.119. The molecule has 3 heterocycles. The van der Waals surface area contributed by atoms with Crippen LogP contribution >= 0.6 is 23.1 Å². The van der Waals surface area contributed by atoms with E-state index in [1.165, 1.54) is 28.7 Å². The van der Waals surface area contributed by atoms with E-state index in [0.717, 1.165) is 35.1 Å². The van der Waals surface area contributed by atoms with Gasteiger partial charge in [-0.05, 0) is 31.4 Å². The van der Waals surface area contributed by atoms with Crippen LogP contribution in [-0.4, -0.2) is 40.5 Å². The van der Waals surface area contributed by atoms with Crippen LogP contribution in [0.15, 0.2) is 58.5 Å². The standard InChI is InChI=1S/C25H25N3O3S2/c1-16-8-10-17(11-9-16)14-28-24(30)23-22(19-6-2-3-7-20(19)33-23)27-25(28)32-15-21(29)26-13-18-5-4-12-31-18/h2-3,6-11,18H,4-5,12-15H2,1H3,(H,26,29)/t18-/m0/s1. The van der Waals surface area contributed by atoms with Gasteiger partial charge in [-0.15, -0.1) is 11.3 Å². The Morgan fingerprint density at radius 2 is 2.06 bits per heavy atom. The molecule has 170 valence electrons. The first kappa shape index (κ1) is 22.1. The van der Waals surface area contributed by atoms with Crippen LogP contribution in [0.1, 0.15) is 24.0 Å². The zero-order valence-corrected chi connectivity index (χ0v) is 20.0. The molecule has 1 atom stereocenters. The molecule has 1 aliphatic heterocycles. The van der Waals surface area contributed by atoms with E-state index in [0.29, 0.717) is 28.5 Å². The molecule has 1 N–H and O–H groups in total. The number of carbonyl (C=O) groups excluding carboxylic acids is 1. The molecule has 1 amide bonds. The van der Waals surface area contributed by atoms with E-state index in [-0.39, 0.29) is 23.3 Å². The van der Waals surface area contributed by atoms with Crippen molar-refractivity contribution >= 4 is 49.3 Å². The van der Waals surface area contributed by atoms with Crippen molar-refractivity contribution in [3.05, 3.63) is 70.0 Å². The summed E-state index contributed by atoms with van der Waals surface area (Å²) >= 11 is 2.78. The van der Waals surface area contributed by atoms with Crippen molar-refractivity contribution in [2.75, 3.05) is 18.9 Å². The summed E-state index contributed by atoms with van der Waals surface area (Å²) in [7, 11) is 0. The van der Waals surface area contributed by atoms with Gasteiger partial charge in [-0.25, -0.2) is 4.98 Å². The molecular formula is C25H25N3O3S2. The largest absolute Gasteiger partial charge is 0.376 e. The minimum absolute atomic E-state index is 0.0657. The number of nitrogens with zero attached hydrogens (tertiary/aromatic N) is 2. The van der Waals surface area contributed by atoms with Gasteiger partial charge >= 0.3 is 0 Å². The van der Waals surface area contributed by atoms with E-state index in [9.17, 15) is 9.59 Å². The molecule has 5 rings (SSSR count). The Morgan fingerprint density at radius 3 is 2.85 bits per heavy atom. The Labute approximate surface area is 200 Å². The summed E-state index contributed by atoms with van der Waals surface area (Å²) in [4.78, 5) is 30.9. The fraction of sp³-hybridized carbons (Fsp3) is 0.320. The first-order valence-electron chi connectivity index (χ1n) is 11.1. The van der Waals surface area contributed by atoms with Gasteiger partial charge in [-0.2, -0.15) is 0 Å². The number of ether oxygens (including phenoxy) is 1. The second kappa shape index (κ2) is 9.67. The van der Waals surface area contributed by atoms with Gasteiger partial charge in [0.25, 0.3) is 5.56 Å². The van der Waals surface area contributed by atoms with Crippen molar-refractivity contribution in [2.45, 2.75) is 37.6 Å². The second-order valence-corrected chi connectivity index (χ2v) is 10.3. The van der Waals surface area contributed by atoms with Crippen LogP contribution in [0.3, 0.4) is 0 Å². The molecule has 2 aromatic heterocycles. The second-order valence-electron chi connectivity index (χ2n) is 8.28. The van der Waals surface area contributed by atoms with Crippen molar-refractivity contribution in [1.29, 1.82) is 0 Å². The fourth-order valence-electron chi connectivity index (χ4n) is 3.99. The Balaban J connectivity index is 1.46. The van der Waals surface area contributed by atoms with Gasteiger partial charge in [0.1, 0.15) is 4.70 Å². The van der Waals surface area contributed by atoms with E-state index in [1.54, 1.807) is 4.57 Å². The van der Waals surface area contributed by atoms with Crippen LogP contribution in [0.4, 0.5) is 0 Å². The van der Waals surface area contributed by atoms with Crippen molar-refractivity contribution < 1.29 is 9.53 Å². The molecule has 0 saturated carbocycles. The summed E-state index contributed by atoms with van der Waals surface area (Å²) in [6.07, 6.45) is 2.12. The van der Waals surface area contributed by atoms with E-state index >= 15 is 0 Å². The lowest BCUT2D eigenvalue weighted by atomic mass is 10.1. The number of fused-ring (bicyclic) bond motifs is 3. The molecule has 6 nitrogen and oxygen atoms in total. The first-order chi connectivity index (χ1) is 16.1. The first-order valence-corrected chi connectivity index (χ1v) is 12.9. The number of hydrogen-bond donors (Lipinski definition) is 1. The van der Waals surface area contributed by atoms with Crippen LogP contribution in [0.25, 0.3) is 20.3 Å². The van der Waals surface area contributed by atoms with Crippen molar-refractivity contribution in [1.82, 2.24) is 14.9 Å². The summed E-state index contributed by atoms with van der Waals surface area (Å²) in [5.41, 5.74) is 2.84. The van der Waals surface area contributed by atoms with Crippen LogP contribution in [0.5, 0.6) is 0 Å². The molecule has 8 heteroatoms. The zero-order chi connectivity index (χ0) is 22.8. The predicted octanol–water partition coefficient (Wildman–Crippen LogP) is 4.36. The van der Waals surface area contributed by atoms with Gasteiger partial charge in [0.15, 0.2) is 5.16 Å². The third-order valence-electron chi connectivity index (χ3n) is 5.79. The van der Waals surface area contributed by atoms with Crippen LogP contribution in [0, 0.1) is 6.92 Å². The molecule has 0 spiro atoms. The highest BCUT2D eigenvalue weighted by Crippen LogP contribution is 2.32. The maximum absolute atomic E-state index is 13.5. The lowest BCUT2D eigenvalue weighted by Gasteiger charge is -2.13. The number of hydrogen-bond acceptors (Lipinski definition) is 6. The van der Waals surface area contributed by atoms with Gasteiger partial charge in [0.2, 0.25) is 5.91 Å².